The van der Waals surface area contributed by atoms with Crippen LogP contribution in [0.4, 0.5) is 0 Å². The van der Waals surface area contributed by atoms with Crippen molar-refractivity contribution < 1.29 is 27.5 Å². The van der Waals surface area contributed by atoms with Gasteiger partial charge in [-0.2, -0.15) is 0 Å². The second kappa shape index (κ2) is 9.37. The highest BCUT2D eigenvalue weighted by molar-refractivity contribution is 7.89. The minimum Gasteiger partial charge on any atom is -0.454 e. The average molecular weight is 422 g/mol. The van der Waals surface area contributed by atoms with Crippen molar-refractivity contribution in [3.8, 4) is 0 Å². The SMILES string of the molecule is COC[C@H](C)n1c(C)cc(C(=O)COC(=O)c2ccc(CS(C)(=O)=O)cc2)c1C. The highest BCUT2D eigenvalue weighted by Crippen LogP contribution is 2.21. The van der Waals surface area contributed by atoms with E-state index in [2.05, 4.69) is 0 Å². The molecule has 158 valence electrons. The van der Waals surface area contributed by atoms with Crippen molar-refractivity contribution in [3.63, 3.8) is 0 Å². The highest BCUT2D eigenvalue weighted by atomic mass is 32.2. The first-order valence-electron chi connectivity index (χ1n) is 9.18. The molecule has 0 spiro atoms. The van der Waals surface area contributed by atoms with Crippen molar-refractivity contribution in [3.05, 3.63) is 58.4 Å². The average Bonchev–Trinajstić information content (AvgIpc) is 2.93. The molecular formula is C21H27NO6S. The lowest BCUT2D eigenvalue weighted by Crippen LogP contribution is -2.17. The van der Waals surface area contributed by atoms with Gasteiger partial charge in [0.05, 0.1) is 24.0 Å². The molecule has 0 radical (unpaired) electrons. The molecule has 1 aromatic carbocycles. The van der Waals surface area contributed by atoms with E-state index < -0.39 is 15.8 Å². The molecular weight excluding hydrogens is 394 g/mol. The predicted molar refractivity (Wildman–Crippen MR) is 110 cm³/mol. The minimum absolute atomic E-state index is 0.0783. The third-order valence-electron chi connectivity index (χ3n) is 4.59. The second-order valence-electron chi connectivity index (χ2n) is 7.23. The van der Waals surface area contributed by atoms with Crippen LogP contribution in [-0.2, 0) is 25.1 Å². The van der Waals surface area contributed by atoms with E-state index in [0.717, 1.165) is 17.6 Å². The van der Waals surface area contributed by atoms with Crippen LogP contribution in [-0.4, -0.2) is 51.3 Å². The molecule has 29 heavy (non-hydrogen) atoms. The number of nitrogens with zero attached hydrogens (tertiary/aromatic N) is 1. The first-order valence-corrected chi connectivity index (χ1v) is 11.2. The zero-order valence-corrected chi connectivity index (χ0v) is 18.2. The zero-order valence-electron chi connectivity index (χ0n) is 17.4. The van der Waals surface area contributed by atoms with Crippen LogP contribution in [0.3, 0.4) is 0 Å². The van der Waals surface area contributed by atoms with E-state index in [1.165, 1.54) is 12.1 Å². The largest absolute Gasteiger partial charge is 0.454 e. The summed E-state index contributed by atoms with van der Waals surface area (Å²) in [6, 6.07) is 7.97. The van der Waals surface area contributed by atoms with Gasteiger partial charge in [0.15, 0.2) is 16.4 Å². The van der Waals surface area contributed by atoms with E-state index in [9.17, 15) is 18.0 Å². The third-order valence-corrected chi connectivity index (χ3v) is 5.44. The number of methoxy groups -OCH3 is 1. The van der Waals surface area contributed by atoms with E-state index in [1.807, 2.05) is 25.3 Å². The Balaban J connectivity index is 2.04. The second-order valence-corrected chi connectivity index (χ2v) is 9.37. The summed E-state index contributed by atoms with van der Waals surface area (Å²) in [5.41, 5.74) is 3.09. The maximum absolute atomic E-state index is 12.6. The molecule has 0 fully saturated rings. The summed E-state index contributed by atoms with van der Waals surface area (Å²) in [4.78, 5) is 24.8. The summed E-state index contributed by atoms with van der Waals surface area (Å²) in [6.07, 6.45) is 1.15. The number of sulfone groups is 1. The molecule has 1 aromatic heterocycles. The molecule has 2 rings (SSSR count). The van der Waals surface area contributed by atoms with Gasteiger partial charge in [-0.1, -0.05) is 12.1 Å². The number of ether oxygens (including phenoxy) is 2. The number of esters is 1. The van der Waals surface area contributed by atoms with Gasteiger partial charge in [0, 0.05) is 30.3 Å². The minimum atomic E-state index is -3.15. The number of rotatable bonds is 9. The number of hydrogen-bond donors (Lipinski definition) is 0. The topological polar surface area (TPSA) is 91.7 Å². The molecule has 0 saturated heterocycles. The van der Waals surface area contributed by atoms with Gasteiger partial charge < -0.3 is 14.0 Å². The van der Waals surface area contributed by atoms with Crippen LogP contribution >= 0.6 is 0 Å². The van der Waals surface area contributed by atoms with Gasteiger partial charge in [0.1, 0.15) is 0 Å². The Morgan fingerprint density at radius 2 is 1.76 bits per heavy atom. The Hall–Kier alpha value is -2.45. The molecule has 2 aromatic rings. The van der Waals surface area contributed by atoms with E-state index in [1.54, 1.807) is 25.3 Å². The van der Waals surface area contributed by atoms with E-state index in [4.69, 9.17) is 9.47 Å². The first kappa shape index (κ1) is 22.8. The molecule has 0 saturated carbocycles. The fraction of sp³-hybridized carbons (Fsp3) is 0.429. The smallest absolute Gasteiger partial charge is 0.338 e. The van der Waals surface area contributed by atoms with Gasteiger partial charge in [-0.25, -0.2) is 13.2 Å². The number of carbonyl (C=O) groups excluding carboxylic acids is 2. The first-order chi connectivity index (χ1) is 13.5. The number of ketones is 1. The quantitative estimate of drug-likeness (QED) is 0.457. The molecule has 0 N–H and O–H groups in total. The monoisotopic (exact) mass is 421 g/mol. The molecule has 0 unspecified atom stereocenters. The van der Waals surface area contributed by atoms with E-state index in [0.29, 0.717) is 17.7 Å². The van der Waals surface area contributed by atoms with Crippen molar-refractivity contribution in [2.75, 3.05) is 26.6 Å². The van der Waals surface area contributed by atoms with Crippen molar-refractivity contribution in [2.24, 2.45) is 0 Å². The normalized spacial score (nSPS) is 12.6. The Morgan fingerprint density at radius 3 is 2.31 bits per heavy atom. The number of aryl methyl sites for hydroxylation is 1. The van der Waals surface area contributed by atoms with Crippen molar-refractivity contribution in [1.82, 2.24) is 4.57 Å². The van der Waals surface area contributed by atoms with Crippen LogP contribution in [0.1, 0.15) is 50.6 Å². The zero-order chi connectivity index (χ0) is 21.8. The molecule has 7 nitrogen and oxygen atoms in total. The molecule has 1 heterocycles. The molecule has 8 heteroatoms. The van der Waals surface area contributed by atoms with Gasteiger partial charge in [0.2, 0.25) is 5.78 Å². The number of aromatic nitrogens is 1. The number of hydrogen-bond acceptors (Lipinski definition) is 6. The van der Waals surface area contributed by atoms with Crippen LogP contribution in [0, 0.1) is 13.8 Å². The van der Waals surface area contributed by atoms with E-state index in [-0.39, 0.29) is 29.7 Å². The molecule has 0 amide bonds. The number of carbonyl (C=O) groups is 2. The fourth-order valence-electron chi connectivity index (χ4n) is 3.39. The van der Waals surface area contributed by atoms with Gasteiger partial charge >= 0.3 is 5.97 Å². The lowest BCUT2D eigenvalue weighted by Gasteiger charge is -2.17. The van der Waals surface area contributed by atoms with Crippen LogP contribution < -0.4 is 0 Å². The number of Topliss-reactive ketones (excluding diaryl/α,β-unsaturated/α-hetero) is 1. The van der Waals surface area contributed by atoms with Gasteiger partial charge in [-0.05, 0) is 44.5 Å². The Labute approximate surface area is 171 Å². The molecule has 0 aliphatic carbocycles. The Morgan fingerprint density at radius 1 is 1.14 bits per heavy atom. The lowest BCUT2D eigenvalue weighted by atomic mass is 10.1. The molecule has 0 aliphatic rings. The van der Waals surface area contributed by atoms with Crippen LogP contribution in [0.25, 0.3) is 0 Å². The summed E-state index contributed by atoms with van der Waals surface area (Å²) in [5, 5.41) is 0. The summed E-state index contributed by atoms with van der Waals surface area (Å²) in [7, 11) is -1.52. The van der Waals surface area contributed by atoms with Crippen LogP contribution in [0.15, 0.2) is 30.3 Å². The molecule has 0 bridgehead atoms. The van der Waals surface area contributed by atoms with E-state index >= 15 is 0 Å². The van der Waals surface area contributed by atoms with Gasteiger partial charge in [0.25, 0.3) is 0 Å². The third kappa shape index (κ3) is 6.01. The number of benzene rings is 1. The summed E-state index contributed by atoms with van der Waals surface area (Å²) >= 11 is 0. The summed E-state index contributed by atoms with van der Waals surface area (Å²) < 4.78 is 35.0. The predicted octanol–water partition coefficient (Wildman–Crippen LogP) is 2.90. The molecule has 1 atom stereocenters. The highest BCUT2D eigenvalue weighted by Gasteiger charge is 2.20. The fourth-order valence-corrected chi connectivity index (χ4v) is 4.18. The summed E-state index contributed by atoms with van der Waals surface area (Å²) in [6.45, 7) is 5.93. The maximum atomic E-state index is 12.6. The Kier molecular flexibility index (Phi) is 7.37. The van der Waals surface area contributed by atoms with Crippen LogP contribution in [0.5, 0.6) is 0 Å². The standard InChI is InChI=1S/C21H27NO6S/c1-14-10-19(16(3)22(14)15(2)11-27-4)20(23)12-28-21(24)18-8-6-17(7-9-18)13-29(5,25)26/h6-10,15H,11-13H2,1-5H3/t15-/m0/s1. The van der Waals surface area contributed by atoms with Gasteiger partial charge in [-0.3, -0.25) is 4.79 Å². The van der Waals surface area contributed by atoms with Crippen LogP contribution in [0.2, 0.25) is 0 Å². The molecule has 0 aliphatic heterocycles. The van der Waals surface area contributed by atoms with Gasteiger partial charge in [-0.15, -0.1) is 0 Å². The Bertz CT molecular complexity index is 989. The van der Waals surface area contributed by atoms with Crippen molar-refractivity contribution in [1.29, 1.82) is 0 Å². The summed E-state index contributed by atoms with van der Waals surface area (Å²) in [5.74, 6) is -1.01. The lowest BCUT2D eigenvalue weighted by molar-refractivity contribution is 0.0474. The maximum Gasteiger partial charge on any atom is 0.338 e. The van der Waals surface area contributed by atoms with Crippen molar-refractivity contribution >= 4 is 21.6 Å². The van der Waals surface area contributed by atoms with Crippen molar-refractivity contribution in [2.45, 2.75) is 32.6 Å².